The molecular formula is C20H27N3O4. The number of imide groups is 1. The molecule has 1 aliphatic heterocycles. The second-order valence-corrected chi connectivity index (χ2v) is 7.01. The highest BCUT2D eigenvalue weighted by Crippen LogP contribution is 2.18. The normalized spacial score (nSPS) is 17.7. The Labute approximate surface area is 159 Å². The molecule has 1 aromatic rings. The van der Waals surface area contributed by atoms with Crippen LogP contribution in [-0.2, 0) is 14.4 Å². The SMILES string of the molecule is CCC(N)(CC)CC(=O)NC1CCC(=O)N(CC(=O)c2ccccc2)C1=O. The zero-order valence-electron chi connectivity index (χ0n) is 15.9. The highest BCUT2D eigenvalue weighted by Gasteiger charge is 2.37. The van der Waals surface area contributed by atoms with Crippen LogP contribution in [-0.4, -0.2) is 46.5 Å². The van der Waals surface area contributed by atoms with Crippen LogP contribution in [0.4, 0.5) is 0 Å². The fourth-order valence-corrected chi connectivity index (χ4v) is 3.06. The van der Waals surface area contributed by atoms with Crippen LogP contribution in [0.2, 0.25) is 0 Å². The first-order valence-electron chi connectivity index (χ1n) is 9.30. The van der Waals surface area contributed by atoms with E-state index in [1.54, 1.807) is 30.3 Å². The van der Waals surface area contributed by atoms with Gasteiger partial charge in [-0.05, 0) is 19.3 Å². The van der Waals surface area contributed by atoms with Crippen LogP contribution in [0.1, 0.15) is 56.3 Å². The molecule has 3 amide bonds. The molecule has 1 heterocycles. The van der Waals surface area contributed by atoms with Gasteiger partial charge in [0.1, 0.15) is 6.04 Å². The first kappa shape index (κ1) is 20.8. The van der Waals surface area contributed by atoms with E-state index in [-0.39, 0.29) is 37.5 Å². The third-order valence-electron chi connectivity index (χ3n) is 5.17. The van der Waals surface area contributed by atoms with Gasteiger partial charge in [-0.15, -0.1) is 0 Å². The third-order valence-corrected chi connectivity index (χ3v) is 5.17. The zero-order chi connectivity index (χ0) is 20.0. The van der Waals surface area contributed by atoms with Crippen LogP contribution < -0.4 is 11.1 Å². The van der Waals surface area contributed by atoms with Crippen LogP contribution >= 0.6 is 0 Å². The molecule has 1 fully saturated rings. The summed E-state index contributed by atoms with van der Waals surface area (Å²) >= 11 is 0. The molecule has 7 nitrogen and oxygen atoms in total. The molecule has 1 atom stereocenters. The number of benzene rings is 1. The van der Waals surface area contributed by atoms with Crippen molar-refractivity contribution in [1.29, 1.82) is 0 Å². The van der Waals surface area contributed by atoms with E-state index in [1.165, 1.54) is 0 Å². The number of likely N-dealkylation sites (tertiary alicyclic amines) is 1. The summed E-state index contributed by atoms with van der Waals surface area (Å²) in [4.78, 5) is 50.4. The van der Waals surface area contributed by atoms with Gasteiger partial charge in [-0.1, -0.05) is 44.2 Å². The minimum atomic E-state index is -0.809. The van der Waals surface area contributed by atoms with Gasteiger partial charge in [0.2, 0.25) is 11.8 Å². The maximum atomic E-state index is 12.6. The summed E-state index contributed by atoms with van der Waals surface area (Å²) in [5, 5.41) is 2.68. The van der Waals surface area contributed by atoms with Gasteiger partial charge >= 0.3 is 0 Å². The molecule has 0 spiro atoms. The summed E-state index contributed by atoms with van der Waals surface area (Å²) in [6.07, 6.45) is 1.74. The molecule has 146 valence electrons. The van der Waals surface area contributed by atoms with Crippen molar-refractivity contribution in [3.8, 4) is 0 Å². The quantitative estimate of drug-likeness (QED) is 0.529. The predicted octanol–water partition coefficient (Wildman–Crippen LogP) is 1.41. The Kier molecular flexibility index (Phi) is 6.85. The van der Waals surface area contributed by atoms with E-state index in [2.05, 4.69) is 5.32 Å². The van der Waals surface area contributed by atoms with Crippen molar-refractivity contribution in [3.05, 3.63) is 35.9 Å². The first-order chi connectivity index (χ1) is 12.8. The van der Waals surface area contributed by atoms with Gasteiger partial charge in [0.15, 0.2) is 5.78 Å². The molecule has 0 bridgehead atoms. The second kappa shape index (κ2) is 8.90. The van der Waals surface area contributed by atoms with E-state index in [9.17, 15) is 19.2 Å². The Balaban J connectivity index is 2.02. The molecule has 1 aliphatic rings. The molecule has 0 radical (unpaired) electrons. The fraction of sp³-hybridized carbons (Fsp3) is 0.500. The highest BCUT2D eigenvalue weighted by molar-refractivity contribution is 6.07. The second-order valence-electron chi connectivity index (χ2n) is 7.01. The summed E-state index contributed by atoms with van der Waals surface area (Å²) in [6, 6.07) is 7.68. The molecule has 2 rings (SSSR count). The zero-order valence-corrected chi connectivity index (χ0v) is 15.9. The summed E-state index contributed by atoms with van der Waals surface area (Å²) in [7, 11) is 0. The highest BCUT2D eigenvalue weighted by atomic mass is 16.2. The van der Waals surface area contributed by atoms with Crippen molar-refractivity contribution >= 4 is 23.5 Å². The number of hydrogen-bond acceptors (Lipinski definition) is 5. The lowest BCUT2D eigenvalue weighted by Gasteiger charge is -2.32. The van der Waals surface area contributed by atoms with Gasteiger partial charge in [0.05, 0.1) is 6.54 Å². The predicted molar refractivity (Wildman–Crippen MR) is 101 cm³/mol. The van der Waals surface area contributed by atoms with Gasteiger partial charge in [-0.2, -0.15) is 0 Å². The average Bonchev–Trinajstić information content (AvgIpc) is 2.67. The Hall–Kier alpha value is -2.54. The van der Waals surface area contributed by atoms with E-state index in [1.807, 2.05) is 13.8 Å². The minimum absolute atomic E-state index is 0.105. The first-order valence-corrected chi connectivity index (χ1v) is 9.30. The number of amides is 3. The van der Waals surface area contributed by atoms with Crippen molar-refractivity contribution in [2.45, 2.75) is 57.5 Å². The number of rotatable bonds is 8. The number of piperidine rings is 1. The molecule has 0 aromatic heterocycles. The van der Waals surface area contributed by atoms with Crippen molar-refractivity contribution in [1.82, 2.24) is 10.2 Å². The lowest BCUT2D eigenvalue weighted by Crippen LogP contribution is -2.56. The molecule has 7 heteroatoms. The topological polar surface area (TPSA) is 110 Å². The van der Waals surface area contributed by atoms with Gasteiger partial charge < -0.3 is 11.1 Å². The van der Waals surface area contributed by atoms with Crippen molar-refractivity contribution in [2.24, 2.45) is 5.73 Å². The maximum absolute atomic E-state index is 12.6. The summed E-state index contributed by atoms with van der Waals surface area (Å²) < 4.78 is 0. The Morgan fingerprint density at radius 3 is 2.41 bits per heavy atom. The van der Waals surface area contributed by atoms with Crippen LogP contribution in [0.3, 0.4) is 0 Å². The lowest BCUT2D eigenvalue weighted by molar-refractivity contribution is -0.150. The number of ketones is 1. The largest absolute Gasteiger partial charge is 0.344 e. The minimum Gasteiger partial charge on any atom is -0.344 e. The van der Waals surface area contributed by atoms with Crippen LogP contribution in [0.15, 0.2) is 30.3 Å². The van der Waals surface area contributed by atoms with E-state index in [0.29, 0.717) is 18.4 Å². The Morgan fingerprint density at radius 2 is 1.81 bits per heavy atom. The molecular weight excluding hydrogens is 346 g/mol. The van der Waals surface area contributed by atoms with Crippen LogP contribution in [0.5, 0.6) is 0 Å². The Morgan fingerprint density at radius 1 is 1.19 bits per heavy atom. The monoisotopic (exact) mass is 373 g/mol. The summed E-state index contributed by atoms with van der Waals surface area (Å²) in [5.41, 5.74) is 5.98. The molecule has 3 N–H and O–H groups in total. The number of nitrogens with zero attached hydrogens (tertiary/aromatic N) is 1. The number of carbonyl (C=O) groups is 4. The van der Waals surface area contributed by atoms with Gasteiger partial charge in [-0.3, -0.25) is 24.1 Å². The lowest BCUT2D eigenvalue weighted by atomic mass is 9.90. The smallest absolute Gasteiger partial charge is 0.252 e. The number of nitrogens with one attached hydrogen (secondary N) is 1. The van der Waals surface area contributed by atoms with Crippen LogP contribution in [0.25, 0.3) is 0 Å². The van der Waals surface area contributed by atoms with Crippen molar-refractivity contribution in [3.63, 3.8) is 0 Å². The van der Waals surface area contributed by atoms with Gasteiger partial charge in [-0.25, -0.2) is 0 Å². The molecule has 0 aliphatic carbocycles. The van der Waals surface area contributed by atoms with Gasteiger partial charge in [0.25, 0.3) is 5.91 Å². The number of nitrogens with two attached hydrogens (primary N) is 1. The van der Waals surface area contributed by atoms with E-state index >= 15 is 0 Å². The number of hydrogen-bond donors (Lipinski definition) is 2. The standard InChI is InChI=1S/C20H27N3O4/c1-3-20(21,4-2)12-17(25)22-15-10-11-18(26)23(19(15)27)13-16(24)14-8-6-5-7-9-14/h5-9,15H,3-4,10-13,21H2,1-2H3,(H,22,25). The third kappa shape index (κ3) is 5.23. The molecule has 1 aromatic carbocycles. The Bertz CT molecular complexity index is 713. The van der Waals surface area contributed by atoms with E-state index < -0.39 is 23.4 Å². The average molecular weight is 373 g/mol. The van der Waals surface area contributed by atoms with Gasteiger partial charge in [0, 0.05) is 23.9 Å². The number of carbonyl (C=O) groups excluding carboxylic acids is 4. The summed E-state index contributed by atoms with van der Waals surface area (Å²) in [5.74, 6) is -1.57. The fourth-order valence-electron chi connectivity index (χ4n) is 3.06. The van der Waals surface area contributed by atoms with E-state index in [0.717, 1.165) is 4.90 Å². The van der Waals surface area contributed by atoms with Crippen molar-refractivity contribution < 1.29 is 19.2 Å². The molecule has 1 saturated heterocycles. The van der Waals surface area contributed by atoms with E-state index in [4.69, 9.17) is 5.73 Å². The maximum Gasteiger partial charge on any atom is 0.252 e. The number of Topliss-reactive ketones (excluding diaryl/α,β-unsaturated/α-hetero) is 1. The molecule has 27 heavy (non-hydrogen) atoms. The molecule has 0 saturated carbocycles. The van der Waals surface area contributed by atoms with Crippen LogP contribution in [0, 0.1) is 0 Å². The molecule has 1 unspecified atom stereocenters. The summed E-state index contributed by atoms with van der Waals surface area (Å²) in [6.45, 7) is 3.51. The van der Waals surface area contributed by atoms with Crippen molar-refractivity contribution in [2.75, 3.05) is 6.54 Å².